The monoisotopic (exact) mass is 328 g/mol. The third kappa shape index (κ3) is 3.97. The van der Waals surface area contributed by atoms with E-state index in [1.165, 1.54) is 18.2 Å². The Labute approximate surface area is 130 Å². The number of hydrogen-bond donors (Lipinski definition) is 0. The molecule has 1 aromatic rings. The Morgan fingerprint density at radius 2 is 1.95 bits per heavy atom. The quantitative estimate of drug-likeness (QED) is 0.830. The Morgan fingerprint density at radius 1 is 1.32 bits per heavy atom. The number of amides is 1. The molecule has 0 spiro atoms. The van der Waals surface area contributed by atoms with E-state index in [1.54, 1.807) is 11.9 Å². The van der Waals surface area contributed by atoms with E-state index < -0.39 is 15.8 Å². The fraction of sp³-hybridized carbons (Fsp3) is 0.533. The largest absolute Gasteiger partial charge is 0.341 e. The van der Waals surface area contributed by atoms with Gasteiger partial charge in [0.25, 0.3) is 0 Å². The van der Waals surface area contributed by atoms with Crippen LogP contribution in [0.25, 0.3) is 0 Å². The number of hydrogen-bond acceptors (Lipinski definition) is 3. The van der Waals surface area contributed by atoms with Gasteiger partial charge in [0.2, 0.25) is 15.9 Å². The van der Waals surface area contributed by atoms with Crippen molar-refractivity contribution in [3.8, 4) is 0 Å². The molecular formula is C15H21FN2O3S. The first kappa shape index (κ1) is 16.7. The zero-order valence-electron chi connectivity index (χ0n) is 12.8. The van der Waals surface area contributed by atoms with Crippen LogP contribution in [0.1, 0.15) is 25.7 Å². The van der Waals surface area contributed by atoms with Gasteiger partial charge in [0, 0.05) is 13.1 Å². The van der Waals surface area contributed by atoms with E-state index in [1.807, 2.05) is 0 Å². The van der Waals surface area contributed by atoms with Crippen molar-refractivity contribution in [3.05, 3.63) is 30.1 Å². The van der Waals surface area contributed by atoms with Crippen LogP contribution < -0.4 is 4.31 Å². The van der Waals surface area contributed by atoms with Crippen molar-refractivity contribution in [1.82, 2.24) is 4.90 Å². The Balaban J connectivity index is 2.18. The second kappa shape index (κ2) is 6.64. The van der Waals surface area contributed by atoms with E-state index in [2.05, 4.69) is 0 Å². The summed E-state index contributed by atoms with van der Waals surface area (Å²) in [7, 11) is -1.97. The van der Waals surface area contributed by atoms with Crippen molar-refractivity contribution in [3.63, 3.8) is 0 Å². The molecule has 0 heterocycles. The summed E-state index contributed by atoms with van der Waals surface area (Å²) in [4.78, 5) is 14.0. The maximum absolute atomic E-state index is 13.3. The van der Waals surface area contributed by atoms with Crippen LogP contribution in [0.4, 0.5) is 10.1 Å². The third-order valence-electron chi connectivity index (χ3n) is 4.04. The Morgan fingerprint density at radius 3 is 2.50 bits per heavy atom. The number of carbonyl (C=O) groups excluding carboxylic acids is 1. The smallest absolute Gasteiger partial charge is 0.243 e. The fourth-order valence-corrected chi connectivity index (χ4v) is 3.60. The molecule has 1 aliphatic carbocycles. The van der Waals surface area contributed by atoms with Gasteiger partial charge in [-0.3, -0.25) is 9.10 Å². The maximum atomic E-state index is 13.3. The minimum atomic E-state index is -3.67. The molecule has 1 saturated carbocycles. The zero-order valence-corrected chi connectivity index (χ0v) is 13.6. The molecule has 0 atom stereocenters. The fourth-order valence-electron chi connectivity index (χ4n) is 2.76. The zero-order chi connectivity index (χ0) is 16.3. The predicted octanol–water partition coefficient (Wildman–Crippen LogP) is 1.99. The molecule has 1 aliphatic rings. The highest BCUT2D eigenvalue weighted by atomic mass is 32.2. The summed E-state index contributed by atoms with van der Waals surface area (Å²) in [6, 6.07) is 5.42. The highest BCUT2D eigenvalue weighted by Gasteiger charge is 2.27. The average Bonchev–Trinajstić information content (AvgIpc) is 2.96. The van der Waals surface area contributed by atoms with Crippen LogP contribution >= 0.6 is 0 Å². The van der Waals surface area contributed by atoms with E-state index in [9.17, 15) is 17.6 Å². The highest BCUT2D eigenvalue weighted by molar-refractivity contribution is 7.92. The first-order valence-corrected chi connectivity index (χ1v) is 9.13. The van der Waals surface area contributed by atoms with Crippen molar-refractivity contribution in [2.24, 2.45) is 0 Å². The van der Waals surface area contributed by atoms with E-state index in [-0.39, 0.29) is 24.2 Å². The molecule has 1 aromatic carbocycles. The minimum absolute atomic E-state index is 0.163. The average molecular weight is 328 g/mol. The van der Waals surface area contributed by atoms with Gasteiger partial charge in [-0.2, -0.15) is 0 Å². The predicted molar refractivity (Wildman–Crippen MR) is 83.6 cm³/mol. The normalized spacial score (nSPS) is 15.8. The van der Waals surface area contributed by atoms with E-state index in [0.29, 0.717) is 0 Å². The first-order valence-electron chi connectivity index (χ1n) is 7.28. The van der Waals surface area contributed by atoms with Crippen LogP contribution in [0, 0.1) is 5.82 Å². The summed E-state index contributed by atoms with van der Waals surface area (Å²) in [6.07, 6.45) is 5.08. The SMILES string of the molecule is CN(C(=O)CN(c1cccc(F)c1)S(C)(=O)=O)C1CCCC1. The van der Waals surface area contributed by atoms with Crippen LogP contribution in [0.5, 0.6) is 0 Å². The van der Waals surface area contributed by atoms with Gasteiger partial charge in [0.1, 0.15) is 12.4 Å². The van der Waals surface area contributed by atoms with Crippen molar-refractivity contribution in [2.75, 3.05) is 24.2 Å². The molecule has 22 heavy (non-hydrogen) atoms. The summed E-state index contributed by atoms with van der Waals surface area (Å²) in [6.45, 7) is -0.310. The number of anilines is 1. The number of sulfonamides is 1. The number of nitrogens with zero attached hydrogens (tertiary/aromatic N) is 2. The second-order valence-electron chi connectivity index (χ2n) is 5.69. The van der Waals surface area contributed by atoms with Gasteiger partial charge in [-0.05, 0) is 31.0 Å². The first-order chi connectivity index (χ1) is 10.3. The molecule has 122 valence electrons. The summed E-state index contributed by atoms with van der Waals surface area (Å²) < 4.78 is 38.2. The lowest BCUT2D eigenvalue weighted by molar-refractivity contribution is -0.130. The van der Waals surface area contributed by atoms with Crippen molar-refractivity contribution in [1.29, 1.82) is 0 Å². The summed E-state index contributed by atoms with van der Waals surface area (Å²) in [5.41, 5.74) is 0.163. The number of halogens is 1. The maximum Gasteiger partial charge on any atom is 0.243 e. The van der Waals surface area contributed by atoms with Gasteiger partial charge in [-0.1, -0.05) is 18.9 Å². The number of benzene rings is 1. The summed E-state index contributed by atoms with van der Waals surface area (Å²) in [5.74, 6) is -0.815. The van der Waals surface area contributed by atoms with Gasteiger partial charge < -0.3 is 4.90 Å². The molecule has 5 nitrogen and oxygen atoms in total. The van der Waals surface area contributed by atoms with Crippen LogP contribution in [0.2, 0.25) is 0 Å². The second-order valence-corrected chi connectivity index (χ2v) is 7.60. The van der Waals surface area contributed by atoms with Gasteiger partial charge >= 0.3 is 0 Å². The number of likely N-dealkylation sites (N-methyl/N-ethyl adjacent to an activating group) is 1. The third-order valence-corrected chi connectivity index (χ3v) is 5.18. The van der Waals surface area contributed by atoms with E-state index >= 15 is 0 Å². The van der Waals surface area contributed by atoms with Gasteiger partial charge in [0.15, 0.2) is 0 Å². The van der Waals surface area contributed by atoms with E-state index in [0.717, 1.165) is 42.3 Å². The summed E-state index contributed by atoms with van der Waals surface area (Å²) >= 11 is 0. The standard InChI is InChI=1S/C15H21FN2O3S/c1-17(13-7-3-4-8-13)15(19)11-18(22(2,20)21)14-9-5-6-12(16)10-14/h5-6,9-10,13H,3-4,7-8,11H2,1-2H3. The molecule has 0 N–H and O–H groups in total. The minimum Gasteiger partial charge on any atom is -0.341 e. The molecule has 2 rings (SSSR count). The molecule has 0 saturated heterocycles. The molecule has 0 radical (unpaired) electrons. The van der Waals surface area contributed by atoms with Crippen LogP contribution in [0.3, 0.4) is 0 Å². The molecular weight excluding hydrogens is 307 g/mol. The molecule has 7 heteroatoms. The van der Waals surface area contributed by atoms with E-state index in [4.69, 9.17) is 0 Å². The lowest BCUT2D eigenvalue weighted by Gasteiger charge is -2.28. The Hall–Kier alpha value is -1.63. The lowest BCUT2D eigenvalue weighted by atomic mass is 10.2. The van der Waals surface area contributed by atoms with Crippen molar-refractivity contribution >= 4 is 21.6 Å². The molecule has 0 unspecified atom stereocenters. The molecule has 0 bridgehead atoms. The highest BCUT2D eigenvalue weighted by Crippen LogP contribution is 2.24. The van der Waals surface area contributed by atoms with Crippen LogP contribution in [-0.2, 0) is 14.8 Å². The molecule has 0 aromatic heterocycles. The molecule has 1 amide bonds. The van der Waals surface area contributed by atoms with Crippen molar-refractivity contribution < 1.29 is 17.6 Å². The Bertz CT molecular complexity index is 642. The lowest BCUT2D eigenvalue weighted by Crippen LogP contribution is -2.44. The molecule has 0 aliphatic heterocycles. The van der Waals surface area contributed by atoms with Gasteiger partial charge in [-0.25, -0.2) is 12.8 Å². The van der Waals surface area contributed by atoms with Gasteiger partial charge in [-0.15, -0.1) is 0 Å². The van der Waals surface area contributed by atoms with Crippen molar-refractivity contribution in [2.45, 2.75) is 31.7 Å². The number of carbonyl (C=O) groups is 1. The molecule has 1 fully saturated rings. The van der Waals surface area contributed by atoms with Crippen LogP contribution in [-0.4, -0.2) is 45.1 Å². The number of rotatable bonds is 5. The topological polar surface area (TPSA) is 57.7 Å². The van der Waals surface area contributed by atoms with Gasteiger partial charge in [0.05, 0.1) is 11.9 Å². The summed E-state index contributed by atoms with van der Waals surface area (Å²) in [5, 5.41) is 0. The van der Waals surface area contributed by atoms with Crippen LogP contribution in [0.15, 0.2) is 24.3 Å². The Kier molecular flexibility index (Phi) is 5.05.